The molecule has 1 N–H and O–H groups in total. The number of hydrogen-bond acceptors (Lipinski definition) is 4. The summed E-state index contributed by atoms with van der Waals surface area (Å²) in [6.07, 6.45) is 0. The van der Waals surface area contributed by atoms with Crippen molar-refractivity contribution in [2.24, 2.45) is 0 Å². The van der Waals surface area contributed by atoms with Crippen LogP contribution in [0.4, 0.5) is 11.4 Å². The number of carbonyl (C=O) groups is 2. The maximum atomic E-state index is 12.6. The number of nitrogens with zero attached hydrogens (tertiary/aromatic N) is 1. The maximum absolute atomic E-state index is 12.6. The normalized spacial score (nSPS) is 12.7. The van der Waals surface area contributed by atoms with Crippen molar-refractivity contribution >= 4 is 23.2 Å². The molecule has 2 amide bonds. The molecule has 1 aliphatic rings. The molecule has 0 bridgehead atoms. The molecule has 4 rings (SSSR count). The van der Waals surface area contributed by atoms with Crippen molar-refractivity contribution in [3.05, 3.63) is 83.9 Å². The Kier molecular flexibility index (Phi) is 5.66. The Morgan fingerprint density at radius 3 is 2.57 bits per heavy atom. The predicted octanol–water partition coefficient (Wildman–Crippen LogP) is 4.26. The Bertz CT molecular complexity index is 1060. The van der Waals surface area contributed by atoms with Crippen LogP contribution < -0.4 is 19.7 Å². The molecular weight excluding hydrogens is 380 g/mol. The van der Waals surface area contributed by atoms with Gasteiger partial charge in [-0.1, -0.05) is 36.4 Å². The molecule has 3 aromatic carbocycles. The lowest BCUT2D eigenvalue weighted by Gasteiger charge is -2.29. The average molecular weight is 402 g/mol. The third kappa shape index (κ3) is 4.12. The minimum atomic E-state index is -0.221. The molecular formula is C24H22N2O4. The molecule has 6 heteroatoms. The summed E-state index contributed by atoms with van der Waals surface area (Å²) in [5.74, 6) is 1.01. The van der Waals surface area contributed by atoms with E-state index >= 15 is 0 Å². The van der Waals surface area contributed by atoms with Crippen LogP contribution in [0.25, 0.3) is 0 Å². The van der Waals surface area contributed by atoms with Crippen LogP contribution in [0.2, 0.25) is 0 Å². The second kappa shape index (κ2) is 8.69. The van der Waals surface area contributed by atoms with E-state index in [0.717, 1.165) is 11.3 Å². The van der Waals surface area contributed by atoms with E-state index < -0.39 is 0 Å². The molecule has 0 unspecified atom stereocenters. The van der Waals surface area contributed by atoms with Gasteiger partial charge in [-0.3, -0.25) is 9.59 Å². The summed E-state index contributed by atoms with van der Waals surface area (Å²) in [6.45, 7) is 2.85. The first-order valence-electron chi connectivity index (χ1n) is 9.80. The highest BCUT2D eigenvalue weighted by molar-refractivity contribution is 6.05. The summed E-state index contributed by atoms with van der Waals surface area (Å²) in [5.41, 5.74) is 2.83. The molecule has 152 valence electrons. The number of nitrogens with one attached hydrogen (secondary N) is 1. The molecule has 0 atom stereocenters. The fraction of sp³-hybridized carbons (Fsp3) is 0.167. The van der Waals surface area contributed by atoms with E-state index in [4.69, 9.17) is 9.47 Å². The van der Waals surface area contributed by atoms with Crippen molar-refractivity contribution in [2.75, 3.05) is 23.4 Å². The van der Waals surface area contributed by atoms with E-state index in [1.54, 1.807) is 23.1 Å². The predicted molar refractivity (Wildman–Crippen MR) is 115 cm³/mol. The Morgan fingerprint density at radius 2 is 1.77 bits per heavy atom. The van der Waals surface area contributed by atoms with Crippen LogP contribution in [0.1, 0.15) is 22.8 Å². The van der Waals surface area contributed by atoms with E-state index in [0.29, 0.717) is 35.9 Å². The Morgan fingerprint density at radius 1 is 1.03 bits per heavy atom. The van der Waals surface area contributed by atoms with Gasteiger partial charge in [-0.25, -0.2) is 0 Å². The average Bonchev–Trinajstić information content (AvgIpc) is 2.78. The van der Waals surface area contributed by atoms with Gasteiger partial charge in [-0.2, -0.15) is 0 Å². The molecule has 0 fully saturated rings. The summed E-state index contributed by atoms with van der Waals surface area (Å²) < 4.78 is 11.0. The number of benzene rings is 3. The smallest absolute Gasteiger partial charge is 0.265 e. The van der Waals surface area contributed by atoms with Gasteiger partial charge in [0.1, 0.15) is 11.5 Å². The van der Waals surface area contributed by atoms with Gasteiger partial charge in [0.25, 0.3) is 11.8 Å². The lowest BCUT2D eigenvalue weighted by atomic mass is 10.1. The minimum Gasteiger partial charge on any atom is -0.492 e. The van der Waals surface area contributed by atoms with Gasteiger partial charge in [0.2, 0.25) is 0 Å². The summed E-state index contributed by atoms with van der Waals surface area (Å²) in [6, 6.07) is 22.0. The van der Waals surface area contributed by atoms with Gasteiger partial charge in [0, 0.05) is 5.56 Å². The second-order valence-corrected chi connectivity index (χ2v) is 6.82. The van der Waals surface area contributed by atoms with E-state index in [-0.39, 0.29) is 18.4 Å². The second-order valence-electron chi connectivity index (χ2n) is 6.82. The number of fused-ring (bicyclic) bond motifs is 1. The van der Waals surface area contributed by atoms with Gasteiger partial charge in [0.15, 0.2) is 6.61 Å². The number of carbonyl (C=O) groups excluding carboxylic acids is 2. The first kappa shape index (κ1) is 19.5. The molecule has 0 radical (unpaired) electrons. The van der Waals surface area contributed by atoms with Crippen molar-refractivity contribution in [1.29, 1.82) is 0 Å². The third-order valence-electron chi connectivity index (χ3n) is 4.80. The van der Waals surface area contributed by atoms with Crippen molar-refractivity contribution in [1.82, 2.24) is 0 Å². The number of ether oxygens (including phenoxy) is 2. The van der Waals surface area contributed by atoms with E-state index in [2.05, 4.69) is 5.32 Å². The topological polar surface area (TPSA) is 67.9 Å². The molecule has 0 spiro atoms. The molecule has 1 heterocycles. The standard InChI is InChI=1S/C24H22N2O4/c1-2-29-21-9-5-3-7-19(21)25-24(28)18-13-11-17(12-14-18)15-26-20-8-4-6-10-22(20)30-16-23(26)27/h3-14H,2,15-16H2,1H3,(H,25,28). The Labute approximate surface area is 175 Å². The molecule has 0 saturated carbocycles. The van der Waals surface area contributed by atoms with Gasteiger partial charge >= 0.3 is 0 Å². The number of rotatable bonds is 6. The van der Waals surface area contributed by atoms with E-state index in [1.165, 1.54) is 0 Å². The Balaban J connectivity index is 1.47. The van der Waals surface area contributed by atoms with Gasteiger partial charge in [-0.05, 0) is 48.9 Å². The molecule has 0 saturated heterocycles. The van der Waals surface area contributed by atoms with Gasteiger partial charge < -0.3 is 19.7 Å². The largest absolute Gasteiger partial charge is 0.492 e. The molecule has 30 heavy (non-hydrogen) atoms. The van der Waals surface area contributed by atoms with Crippen LogP contribution in [0.3, 0.4) is 0 Å². The van der Waals surface area contributed by atoms with Crippen molar-refractivity contribution < 1.29 is 19.1 Å². The summed E-state index contributed by atoms with van der Waals surface area (Å²) in [7, 11) is 0. The Hall–Kier alpha value is -3.80. The zero-order chi connectivity index (χ0) is 20.9. The van der Waals surface area contributed by atoms with Crippen LogP contribution in [0.15, 0.2) is 72.8 Å². The first-order valence-corrected chi connectivity index (χ1v) is 9.80. The number of hydrogen-bond donors (Lipinski definition) is 1. The number of para-hydroxylation sites is 4. The molecule has 6 nitrogen and oxygen atoms in total. The maximum Gasteiger partial charge on any atom is 0.265 e. The summed E-state index contributed by atoms with van der Waals surface area (Å²) >= 11 is 0. The highest BCUT2D eigenvalue weighted by Crippen LogP contribution is 2.32. The molecule has 1 aliphatic heterocycles. The van der Waals surface area contributed by atoms with E-state index in [1.807, 2.05) is 61.5 Å². The zero-order valence-electron chi connectivity index (χ0n) is 16.6. The van der Waals surface area contributed by atoms with Crippen LogP contribution >= 0.6 is 0 Å². The number of amides is 2. The molecule has 0 aromatic heterocycles. The van der Waals surface area contributed by atoms with Crippen LogP contribution in [0.5, 0.6) is 11.5 Å². The SMILES string of the molecule is CCOc1ccccc1NC(=O)c1ccc(CN2C(=O)COc3ccccc32)cc1. The lowest BCUT2D eigenvalue weighted by Crippen LogP contribution is -2.38. The third-order valence-corrected chi connectivity index (χ3v) is 4.80. The fourth-order valence-corrected chi connectivity index (χ4v) is 3.32. The van der Waals surface area contributed by atoms with Crippen LogP contribution in [-0.4, -0.2) is 25.0 Å². The zero-order valence-corrected chi connectivity index (χ0v) is 16.6. The summed E-state index contributed by atoms with van der Waals surface area (Å²) in [4.78, 5) is 26.7. The quantitative estimate of drug-likeness (QED) is 0.669. The summed E-state index contributed by atoms with van der Waals surface area (Å²) in [5, 5.41) is 2.89. The van der Waals surface area contributed by atoms with Gasteiger partial charge in [-0.15, -0.1) is 0 Å². The van der Waals surface area contributed by atoms with Crippen molar-refractivity contribution in [2.45, 2.75) is 13.5 Å². The van der Waals surface area contributed by atoms with E-state index in [9.17, 15) is 9.59 Å². The molecule has 3 aromatic rings. The van der Waals surface area contributed by atoms with Gasteiger partial charge in [0.05, 0.1) is 24.5 Å². The fourth-order valence-electron chi connectivity index (χ4n) is 3.32. The monoisotopic (exact) mass is 402 g/mol. The highest BCUT2D eigenvalue weighted by Gasteiger charge is 2.25. The van der Waals surface area contributed by atoms with Crippen molar-refractivity contribution in [3.63, 3.8) is 0 Å². The van der Waals surface area contributed by atoms with Crippen LogP contribution in [0, 0.1) is 0 Å². The highest BCUT2D eigenvalue weighted by atomic mass is 16.5. The van der Waals surface area contributed by atoms with Crippen molar-refractivity contribution in [3.8, 4) is 11.5 Å². The van der Waals surface area contributed by atoms with Crippen LogP contribution in [-0.2, 0) is 11.3 Å². The lowest BCUT2D eigenvalue weighted by molar-refractivity contribution is -0.121. The minimum absolute atomic E-state index is 0.0245. The molecule has 0 aliphatic carbocycles. The first-order chi connectivity index (χ1) is 14.7. The number of anilines is 2.